The summed E-state index contributed by atoms with van der Waals surface area (Å²) < 4.78 is 5.62. The molecule has 128 valence electrons. The van der Waals surface area contributed by atoms with Crippen LogP contribution in [-0.2, 0) is 4.79 Å². The van der Waals surface area contributed by atoms with Crippen molar-refractivity contribution in [3.05, 3.63) is 60.2 Å². The maximum Gasteiger partial charge on any atom is 0.239 e. The van der Waals surface area contributed by atoms with Gasteiger partial charge in [-0.25, -0.2) is 0 Å². The average molecular weight is 326 g/mol. The molecular weight excluding hydrogens is 300 g/mol. The first-order valence-corrected chi connectivity index (χ1v) is 8.50. The van der Waals surface area contributed by atoms with Crippen LogP contribution in [0.15, 0.2) is 54.6 Å². The number of carbonyl (C=O) groups is 1. The molecule has 0 saturated heterocycles. The fourth-order valence-corrected chi connectivity index (χ4v) is 2.30. The molecule has 1 atom stereocenters. The van der Waals surface area contributed by atoms with Crippen LogP contribution in [-0.4, -0.2) is 19.1 Å². The molecule has 0 aliphatic heterocycles. The molecule has 1 unspecified atom stereocenters. The highest BCUT2D eigenvalue weighted by Crippen LogP contribution is 2.16. The largest absolute Gasteiger partial charge is 0.494 e. The number of ether oxygens (including phenoxy) is 1. The number of amides is 1. The van der Waals surface area contributed by atoms with Gasteiger partial charge >= 0.3 is 0 Å². The van der Waals surface area contributed by atoms with Gasteiger partial charge in [0, 0.05) is 5.69 Å². The molecule has 2 aromatic carbocycles. The van der Waals surface area contributed by atoms with Crippen LogP contribution in [0.25, 0.3) is 0 Å². The number of unbranched alkanes of at least 4 members (excludes halogenated alkanes) is 1. The minimum absolute atomic E-state index is 0.00478. The van der Waals surface area contributed by atoms with Gasteiger partial charge in [-0.1, -0.05) is 43.7 Å². The van der Waals surface area contributed by atoms with E-state index in [1.165, 1.54) is 0 Å². The molecule has 24 heavy (non-hydrogen) atoms. The summed E-state index contributed by atoms with van der Waals surface area (Å²) >= 11 is 0. The summed E-state index contributed by atoms with van der Waals surface area (Å²) in [5, 5.41) is 6.11. The molecular formula is C20H26N2O2. The van der Waals surface area contributed by atoms with Crippen molar-refractivity contribution in [2.24, 2.45) is 0 Å². The quantitative estimate of drug-likeness (QED) is 0.681. The molecule has 2 N–H and O–H groups in total. The average Bonchev–Trinajstić information content (AvgIpc) is 2.62. The molecule has 4 heteroatoms. The van der Waals surface area contributed by atoms with E-state index in [0.717, 1.165) is 36.4 Å². The normalized spacial score (nSPS) is 11.6. The van der Waals surface area contributed by atoms with Gasteiger partial charge in [0.15, 0.2) is 0 Å². The van der Waals surface area contributed by atoms with Crippen LogP contribution < -0.4 is 15.4 Å². The van der Waals surface area contributed by atoms with Crippen molar-refractivity contribution in [2.45, 2.75) is 32.7 Å². The molecule has 0 spiro atoms. The van der Waals surface area contributed by atoms with Crippen molar-refractivity contribution in [3.8, 4) is 5.75 Å². The van der Waals surface area contributed by atoms with Gasteiger partial charge in [0.2, 0.25) is 5.91 Å². The van der Waals surface area contributed by atoms with E-state index in [9.17, 15) is 4.79 Å². The standard InChI is InChI=1S/C20H26N2O2/c1-3-4-14-24-19-12-10-18(11-13-19)21-15-20(23)22-16(2)17-8-6-5-7-9-17/h5-13,16,21H,3-4,14-15H2,1-2H3,(H,22,23). The summed E-state index contributed by atoms with van der Waals surface area (Å²) in [6.45, 7) is 5.10. The van der Waals surface area contributed by atoms with Crippen LogP contribution in [0.2, 0.25) is 0 Å². The maximum absolute atomic E-state index is 12.0. The molecule has 0 saturated carbocycles. The Morgan fingerprint density at radius 3 is 2.46 bits per heavy atom. The third-order valence-electron chi connectivity index (χ3n) is 3.75. The predicted octanol–water partition coefficient (Wildman–Crippen LogP) is 4.15. The molecule has 0 heterocycles. The smallest absolute Gasteiger partial charge is 0.239 e. The van der Waals surface area contributed by atoms with Crippen LogP contribution in [0.5, 0.6) is 5.75 Å². The van der Waals surface area contributed by atoms with Gasteiger partial charge in [0.05, 0.1) is 19.2 Å². The SMILES string of the molecule is CCCCOc1ccc(NCC(=O)NC(C)c2ccccc2)cc1. The number of anilines is 1. The van der Waals surface area contributed by atoms with E-state index >= 15 is 0 Å². The molecule has 0 aliphatic carbocycles. The van der Waals surface area contributed by atoms with Crippen molar-refractivity contribution in [3.63, 3.8) is 0 Å². The van der Waals surface area contributed by atoms with Gasteiger partial charge in [-0.15, -0.1) is 0 Å². The Bertz CT molecular complexity index is 611. The van der Waals surface area contributed by atoms with Crippen LogP contribution in [0, 0.1) is 0 Å². The molecule has 2 aromatic rings. The van der Waals surface area contributed by atoms with E-state index < -0.39 is 0 Å². The van der Waals surface area contributed by atoms with Crippen molar-refractivity contribution < 1.29 is 9.53 Å². The minimum Gasteiger partial charge on any atom is -0.494 e. The molecule has 0 aliphatic rings. The van der Waals surface area contributed by atoms with Crippen LogP contribution >= 0.6 is 0 Å². The Morgan fingerprint density at radius 2 is 1.79 bits per heavy atom. The number of carbonyl (C=O) groups excluding carboxylic acids is 1. The summed E-state index contributed by atoms with van der Waals surface area (Å²) in [6.07, 6.45) is 2.18. The predicted molar refractivity (Wildman–Crippen MR) is 98.3 cm³/mol. The number of hydrogen-bond acceptors (Lipinski definition) is 3. The van der Waals surface area contributed by atoms with E-state index in [1.54, 1.807) is 0 Å². The van der Waals surface area contributed by atoms with Gasteiger partial charge in [0.1, 0.15) is 5.75 Å². The zero-order valence-corrected chi connectivity index (χ0v) is 14.4. The van der Waals surface area contributed by atoms with Gasteiger partial charge < -0.3 is 15.4 Å². The van der Waals surface area contributed by atoms with Crippen LogP contribution in [0.4, 0.5) is 5.69 Å². The first kappa shape index (κ1) is 17.9. The van der Waals surface area contributed by atoms with Crippen molar-refractivity contribution >= 4 is 11.6 Å². The Kier molecular flexibility index (Phi) is 7.15. The van der Waals surface area contributed by atoms with Crippen molar-refractivity contribution in [1.82, 2.24) is 5.32 Å². The zero-order valence-electron chi connectivity index (χ0n) is 14.4. The van der Waals surface area contributed by atoms with Gasteiger partial charge in [-0.3, -0.25) is 4.79 Å². The van der Waals surface area contributed by atoms with Gasteiger partial charge in [0.25, 0.3) is 0 Å². The van der Waals surface area contributed by atoms with E-state index in [-0.39, 0.29) is 18.5 Å². The van der Waals surface area contributed by atoms with Gasteiger partial charge in [-0.05, 0) is 43.2 Å². The minimum atomic E-state index is -0.0328. The van der Waals surface area contributed by atoms with Crippen molar-refractivity contribution in [2.75, 3.05) is 18.5 Å². The number of hydrogen-bond donors (Lipinski definition) is 2. The second-order valence-corrected chi connectivity index (χ2v) is 5.78. The Balaban J connectivity index is 1.75. The Hall–Kier alpha value is -2.49. The summed E-state index contributed by atoms with van der Waals surface area (Å²) in [5.41, 5.74) is 2.00. The zero-order chi connectivity index (χ0) is 17.2. The van der Waals surface area contributed by atoms with E-state index in [0.29, 0.717) is 0 Å². The second-order valence-electron chi connectivity index (χ2n) is 5.78. The number of benzene rings is 2. The maximum atomic E-state index is 12.0. The lowest BCUT2D eigenvalue weighted by atomic mass is 10.1. The molecule has 0 fully saturated rings. The van der Waals surface area contributed by atoms with E-state index in [2.05, 4.69) is 17.6 Å². The number of rotatable bonds is 9. The first-order chi connectivity index (χ1) is 11.7. The summed E-state index contributed by atoms with van der Waals surface area (Å²) in [4.78, 5) is 12.0. The highest BCUT2D eigenvalue weighted by Gasteiger charge is 2.08. The summed E-state index contributed by atoms with van der Waals surface area (Å²) in [5.74, 6) is 0.825. The highest BCUT2D eigenvalue weighted by molar-refractivity contribution is 5.81. The molecule has 4 nitrogen and oxygen atoms in total. The van der Waals surface area contributed by atoms with E-state index in [1.807, 2.05) is 61.5 Å². The van der Waals surface area contributed by atoms with Crippen LogP contribution in [0.3, 0.4) is 0 Å². The number of nitrogens with one attached hydrogen (secondary N) is 2. The molecule has 1 amide bonds. The second kappa shape index (κ2) is 9.60. The third-order valence-corrected chi connectivity index (χ3v) is 3.75. The molecule has 0 aromatic heterocycles. The molecule has 2 rings (SSSR count). The Morgan fingerprint density at radius 1 is 1.08 bits per heavy atom. The first-order valence-electron chi connectivity index (χ1n) is 8.50. The monoisotopic (exact) mass is 326 g/mol. The summed E-state index contributed by atoms with van der Waals surface area (Å²) in [6, 6.07) is 17.6. The fourth-order valence-electron chi connectivity index (χ4n) is 2.30. The lowest BCUT2D eigenvalue weighted by Crippen LogP contribution is -2.32. The fraction of sp³-hybridized carbons (Fsp3) is 0.350. The topological polar surface area (TPSA) is 50.4 Å². The van der Waals surface area contributed by atoms with Crippen molar-refractivity contribution in [1.29, 1.82) is 0 Å². The Labute approximate surface area is 144 Å². The molecule has 0 radical (unpaired) electrons. The van der Waals surface area contributed by atoms with Gasteiger partial charge in [-0.2, -0.15) is 0 Å². The molecule has 0 bridgehead atoms. The highest BCUT2D eigenvalue weighted by atomic mass is 16.5. The lowest BCUT2D eigenvalue weighted by molar-refractivity contribution is -0.120. The third kappa shape index (κ3) is 5.95. The lowest BCUT2D eigenvalue weighted by Gasteiger charge is -2.15. The summed E-state index contributed by atoms with van der Waals surface area (Å²) in [7, 11) is 0. The van der Waals surface area contributed by atoms with Crippen LogP contribution in [0.1, 0.15) is 38.3 Å². The van der Waals surface area contributed by atoms with E-state index in [4.69, 9.17) is 4.74 Å².